The number of unbranched alkanes of at least 4 members (excludes halogenated alkanes) is 10. The zero-order valence-electron chi connectivity index (χ0n) is 27.7. The number of allylic oxidation sites excluding steroid dienone is 13. The lowest BCUT2D eigenvalue weighted by molar-refractivity contribution is -0.123. The summed E-state index contributed by atoms with van der Waals surface area (Å²) in [6, 6.07) is -0.670. The van der Waals surface area contributed by atoms with Gasteiger partial charge >= 0.3 is 0 Å². The lowest BCUT2D eigenvalue weighted by Gasteiger charge is -2.19. The molecule has 0 aromatic carbocycles. The van der Waals surface area contributed by atoms with Crippen molar-refractivity contribution in [2.75, 3.05) is 6.61 Å². The van der Waals surface area contributed by atoms with E-state index in [4.69, 9.17) is 0 Å². The van der Waals surface area contributed by atoms with Gasteiger partial charge in [-0.25, -0.2) is 0 Å². The van der Waals surface area contributed by atoms with Crippen molar-refractivity contribution in [1.82, 2.24) is 5.32 Å². The number of rotatable bonds is 29. The highest BCUT2D eigenvalue weighted by Gasteiger charge is 2.17. The van der Waals surface area contributed by atoms with Crippen LogP contribution in [0, 0.1) is 0 Å². The molecule has 0 fully saturated rings. The van der Waals surface area contributed by atoms with Gasteiger partial charge in [-0.2, -0.15) is 0 Å². The first-order valence-electron chi connectivity index (χ1n) is 17.3. The van der Waals surface area contributed by atoms with Gasteiger partial charge in [0, 0.05) is 6.42 Å². The normalized spacial score (nSPS) is 14.2. The summed E-state index contributed by atoms with van der Waals surface area (Å²) in [4.78, 5) is 12.3. The fourth-order valence-corrected chi connectivity index (χ4v) is 4.43. The molecule has 4 nitrogen and oxygen atoms in total. The summed E-state index contributed by atoms with van der Waals surface area (Å²) in [7, 11) is 0. The molecule has 0 saturated carbocycles. The second kappa shape index (κ2) is 34.1. The number of carbonyl (C=O) groups is 1. The molecule has 4 heteroatoms. The van der Waals surface area contributed by atoms with Gasteiger partial charge in [-0.15, -0.1) is 0 Å². The Bertz CT molecular complexity index is 818. The van der Waals surface area contributed by atoms with E-state index in [2.05, 4.69) is 92.1 Å². The van der Waals surface area contributed by atoms with E-state index < -0.39 is 12.1 Å². The first kappa shape index (κ1) is 40.6. The molecule has 1 amide bonds. The van der Waals surface area contributed by atoms with Crippen LogP contribution >= 0.6 is 0 Å². The average Bonchev–Trinajstić information content (AvgIpc) is 3.01. The molecule has 0 spiro atoms. The Morgan fingerprint density at radius 3 is 1.63 bits per heavy atom. The predicted octanol–water partition coefficient (Wildman–Crippen LogP) is 10.2. The Labute approximate surface area is 265 Å². The smallest absolute Gasteiger partial charge is 0.220 e. The number of hydrogen-bond donors (Lipinski definition) is 3. The Morgan fingerprint density at radius 2 is 1.05 bits per heavy atom. The van der Waals surface area contributed by atoms with Crippen LogP contribution in [-0.4, -0.2) is 34.9 Å². The molecule has 0 aliphatic carbocycles. The van der Waals surface area contributed by atoms with Crippen LogP contribution in [0.15, 0.2) is 85.1 Å². The molecule has 0 rings (SSSR count). The van der Waals surface area contributed by atoms with Crippen molar-refractivity contribution in [3.05, 3.63) is 85.1 Å². The summed E-state index contributed by atoms with van der Waals surface area (Å²) >= 11 is 0. The average molecular weight is 596 g/mol. The van der Waals surface area contributed by atoms with E-state index in [1.54, 1.807) is 6.08 Å². The van der Waals surface area contributed by atoms with E-state index in [1.165, 1.54) is 44.9 Å². The maximum absolute atomic E-state index is 12.3. The number of hydrogen-bond acceptors (Lipinski definition) is 3. The van der Waals surface area contributed by atoms with Gasteiger partial charge < -0.3 is 15.5 Å². The maximum atomic E-state index is 12.3. The van der Waals surface area contributed by atoms with Crippen LogP contribution in [0.4, 0.5) is 0 Å². The zero-order valence-corrected chi connectivity index (χ0v) is 27.7. The number of aliphatic hydroxyl groups excluding tert-OH is 2. The minimum absolute atomic E-state index is 0.124. The third kappa shape index (κ3) is 30.8. The van der Waals surface area contributed by atoms with Gasteiger partial charge in [0.1, 0.15) is 0 Å². The molecule has 0 aliphatic rings. The Balaban J connectivity index is 3.85. The number of nitrogens with one attached hydrogen (secondary N) is 1. The molecule has 0 radical (unpaired) electrons. The molecule has 3 N–H and O–H groups in total. The topological polar surface area (TPSA) is 69.6 Å². The van der Waals surface area contributed by atoms with Crippen LogP contribution in [0.2, 0.25) is 0 Å². The first-order valence-corrected chi connectivity index (χ1v) is 17.3. The number of aliphatic hydroxyl groups is 2. The molecular weight excluding hydrogens is 530 g/mol. The largest absolute Gasteiger partial charge is 0.394 e. The van der Waals surface area contributed by atoms with Gasteiger partial charge in [-0.1, -0.05) is 131 Å². The summed E-state index contributed by atoms with van der Waals surface area (Å²) in [5, 5.41) is 22.8. The highest BCUT2D eigenvalue weighted by Crippen LogP contribution is 2.08. The standard InChI is InChI=1S/C39H65NO3/c1-3-5-7-9-11-13-15-17-19-21-22-24-26-28-30-32-34-38(42)37(36-41)40-39(43)35-33-31-29-27-25-23-20-18-16-14-12-10-8-6-4-2/h6,8,12,14,17-20,24-27,32,34,37-38,41-42H,3-5,7,9-11,13,15-16,21-23,28-31,33,35-36H2,1-2H3,(H,40,43)/b8-6-,14-12-,19-17+,20-18-,26-24+,27-25-,34-32+. The Kier molecular flexibility index (Phi) is 32.1. The quantitative estimate of drug-likeness (QED) is 0.0595. The minimum Gasteiger partial charge on any atom is -0.394 e. The lowest BCUT2D eigenvalue weighted by Crippen LogP contribution is -2.45. The van der Waals surface area contributed by atoms with Crippen molar-refractivity contribution in [3.63, 3.8) is 0 Å². The molecular formula is C39H65NO3. The molecule has 0 aromatic rings. The minimum atomic E-state index is -0.890. The summed E-state index contributed by atoms with van der Waals surface area (Å²) in [5.74, 6) is -0.124. The predicted molar refractivity (Wildman–Crippen MR) is 188 cm³/mol. The first-order chi connectivity index (χ1) is 21.2. The van der Waals surface area contributed by atoms with Crippen molar-refractivity contribution >= 4 is 5.91 Å². The van der Waals surface area contributed by atoms with Gasteiger partial charge in [0.2, 0.25) is 5.91 Å². The Morgan fingerprint density at radius 1 is 0.581 bits per heavy atom. The van der Waals surface area contributed by atoms with Crippen LogP contribution in [0.3, 0.4) is 0 Å². The Hall–Kier alpha value is -2.43. The summed E-state index contributed by atoms with van der Waals surface area (Å²) in [5.41, 5.74) is 0. The van der Waals surface area contributed by atoms with Crippen molar-refractivity contribution in [3.8, 4) is 0 Å². The van der Waals surface area contributed by atoms with Crippen molar-refractivity contribution in [2.24, 2.45) is 0 Å². The van der Waals surface area contributed by atoms with Crippen molar-refractivity contribution < 1.29 is 15.0 Å². The summed E-state index contributed by atoms with van der Waals surface area (Å²) < 4.78 is 0. The number of amides is 1. The van der Waals surface area contributed by atoms with E-state index in [0.717, 1.165) is 70.6 Å². The van der Waals surface area contributed by atoms with E-state index in [0.29, 0.717) is 6.42 Å². The molecule has 2 atom stereocenters. The highest BCUT2D eigenvalue weighted by molar-refractivity contribution is 5.76. The summed E-state index contributed by atoms with van der Waals surface area (Å²) in [6.07, 6.45) is 49.5. The molecule has 0 heterocycles. The third-order valence-corrected chi connectivity index (χ3v) is 7.09. The summed E-state index contributed by atoms with van der Waals surface area (Å²) in [6.45, 7) is 4.12. The molecule has 0 saturated heterocycles. The molecule has 0 aromatic heterocycles. The zero-order chi connectivity index (χ0) is 31.5. The second-order valence-electron chi connectivity index (χ2n) is 11.2. The monoisotopic (exact) mass is 595 g/mol. The van der Waals surface area contributed by atoms with E-state index >= 15 is 0 Å². The van der Waals surface area contributed by atoms with E-state index in [-0.39, 0.29) is 12.5 Å². The number of carbonyl (C=O) groups excluding carboxylic acids is 1. The molecule has 43 heavy (non-hydrogen) atoms. The fourth-order valence-electron chi connectivity index (χ4n) is 4.43. The van der Waals surface area contributed by atoms with Crippen LogP contribution in [0.5, 0.6) is 0 Å². The van der Waals surface area contributed by atoms with Gasteiger partial charge in [0.15, 0.2) is 0 Å². The van der Waals surface area contributed by atoms with Gasteiger partial charge in [0.05, 0.1) is 18.8 Å². The van der Waals surface area contributed by atoms with Crippen LogP contribution in [-0.2, 0) is 4.79 Å². The van der Waals surface area contributed by atoms with Gasteiger partial charge in [-0.3, -0.25) is 4.79 Å². The van der Waals surface area contributed by atoms with Gasteiger partial charge in [0.25, 0.3) is 0 Å². The van der Waals surface area contributed by atoms with Crippen molar-refractivity contribution in [2.45, 2.75) is 148 Å². The molecule has 0 bridgehead atoms. The van der Waals surface area contributed by atoms with E-state index in [9.17, 15) is 15.0 Å². The van der Waals surface area contributed by atoms with Gasteiger partial charge in [-0.05, 0) is 83.5 Å². The third-order valence-electron chi connectivity index (χ3n) is 7.09. The van der Waals surface area contributed by atoms with Crippen LogP contribution in [0.25, 0.3) is 0 Å². The molecule has 2 unspecified atom stereocenters. The molecule has 244 valence electrons. The van der Waals surface area contributed by atoms with Crippen LogP contribution in [0.1, 0.15) is 136 Å². The van der Waals surface area contributed by atoms with Crippen molar-refractivity contribution in [1.29, 1.82) is 0 Å². The van der Waals surface area contributed by atoms with E-state index in [1.807, 2.05) is 6.08 Å². The fraction of sp³-hybridized carbons (Fsp3) is 0.615. The SMILES string of the molecule is CC/C=C\C/C=C\C/C=C\C/C=C\CCCCC(=O)NC(CO)C(O)/C=C/CC/C=C/CC/C=C/CCCCCCCC. The lowest BCUT2D eigenvalue weighted by atomic mass is 10.1. The highest BCUT2D eigenvalue weighted by atomic mass is 16.3. The maximum Gasteiger partial charge on any atom is 0.220 e. The second-order valence-corrected chi connectivity index (χ2v) is 11.2. The molecule has 0 aliphatic heterocycles. The van der Waals surface area contributed by atoms with Crippen LogP contribution < -0.4 is 5.32 Å².